The molecule has 2 aliphatic rings. The molecule has 4 unspecified atom stereocenters. The third kappa shape index (κ3) is 1.65. The van der Waals surface area contributed by atoms with Gasteiger partial charge in [-0.3, -0.25) is 5.41 Å². The fourth-order valence-corrected chi connectivity index (χ4v) is 3.80. The van der Waals surface area contributed by atoms with Crippen molar-refractivity contribution >= 4 is 5.90 Å². The quantitative estimate of drug-likeness (QED) is 0.834. The molecule has 1 aromatic rings. The number of ether oxygens (including phenoxy) is 2. The molecular formula is C18H13FN4O2. The van der Waals surface area contributed by atoms with Crippen LogP contribution in [0.2, 0.25) is 0 Å². The van der Waals surface area contributed by atoms with Gasteiger partial charge in [-0.05, 0) is 24.3 Å². The second-order valence-electron chi connectivity index (χ2n) is 6.05. The Morgan fingerprint density at radius 2 is 1.80 bits per heavy atom. The summed E-state index contributed by atoms with van der Waals surface area (Å²) in [6.07, 6.45) is 0.0798. The summed E-state index contributed by atoms with van der Waals surface area (Å²) < 4.78 is 24.9. The van der Waals surface area contributed by atoms with Crippen LogP contribution in [0.4, 0.5) is 4.39 Å². The lowest BCUT2D eigenvalue weighted by molar-refractivity contribution is -0.273. The van der Waals surface area contributed by atoms with Gasteiger partial charge in [0.1, 0.15) is 11.9 Å². The summed E-state index contributed by atoms with van der Waals surface area (Å²) in [4.78, 5) is 0. The van der Waals surface area contributed by atoms with Gasteiger partial charge in [0.05, 0.1) is 24.1 Å². The molecule has 2 fully saturated rings. The largest absolute Gasteiger partial charge is 0.443 e. The Morgan fingerprint density at radius 1 is 1.20 bits per heavy atom. The molecule has 25 heavy (non-hydrogen) atoms. The van der Waals surface area contributed by atoms with E-state index in [1.807, 2.05) is 18.2 Å². The third-order valence-corrected chi connectivity index (χ3v) is 5.17. The second kappa shape index (κ2) is 5.14. The van der Waals surface area contributed by atoms with Gasteiger partial charge >= 0.3 is 0 Å². The van der Waals surface area contributed by atoms with E-state index in [2.05, 4.69) is 6.58 Å². The molecule has 0 spiro atoms. The molecule has 0 amide bonds. The zero-order chi connectivity index (χ0) is 18.5. The zero-order valence-corrected chi connectivity index (χ0v) is 13.3. The number of halogens is 1. The summed E-state index contributed by atoms with van der Waals surface area (Å²) in [5, 5.41) is 37.6. The van der Waals surface area contributed by atoms with Gasteiger partial charge in [0.15, 0.2) is 5.41 Å². The number of nitrogens with zero attached hydrogens (tertiary/aromatic N) is 3. The van der Waals surface area contributed by atoms with Crippen LogP contribution in [0.25, 0.3) is 0 Å². The van der Waals surface area contributed by atoms with Crippen LogP contribution in [-0.2, 0) is 15.3 Å². The number of hydrogen-bond donors (Lipinski definition) is 1. The molecule has 0 radical (unpaired) electrons. The van der Waals surface area contributed by atoms with E-state index >= 15 is 0 Å². The number of hydrogen-bond acceptors (Lipinski definition) is 6. The first-order valence-corrected chi connectivity index (χ1v) is 7.46. The van der Waals surface area contributed by atoms with Crippen LogP contribution in [0.3, 0.4) is 0 Å². The standard InChI is InChI=1S/C18H13FN4O2/c1-3-14-16(8-20,9-21)17(10-22)11(2)18(24-14,25-15(17)23)12-4-6-13(19)7-5-12/h3-7,11,14,23H,1H2,2H3. The van der Waals surface area contributed by atoms with E-state index in [0.717, 1.165) is 0 Å². The maximum absolute atomic E-state index is 13.3. The van der Waals surface area contributed by atoms with Crippen molar-refractivity contribution < 1.29 is 13.9 Å². The Balaban J connectivity index is 2.33. The van der Waals surface area contributed by atoms with Gasteiger partial charge in [-0.25, -0.2) is 4.39 Å². The molecule has 6 nitrogen and oxygen atoms in total. The average Bonchev–Trinajstić information content (AvgIpc) is 2.79. The summed E-state index contributed by atoms with van der Waals surface area (Å²) >= 11 is 0. The molecule has 0 aliphatic carbocycles. The zero-order valence-electron chi connectivity index (χ0n) is 13.3. The molecule has 2 heterocycles. The van der Waals surface area contributed by atoms with Gasteiger partial charge in [0, 0.05) is 5.56 Å². The van der Waals surface area contributed by atoms with E-state index in [0.29, 0.717) is 5.56 Å². The van der Waals surface area contributed by atoms with E-state index in [4.69, 9.17) is 14.9 Å². The van der Waals surface area contributed by atoms with E-state index < -0.39 is 40.4 Å². The average molecular weight is 336 g/mol. The summed E-state index contributed by atoms with van der Waals surface area (Å²) in [5.74, 6) is -3.43. The molecular weight excluding hydrogens is 323 g/mol. The van der Waals surface area contributed by atoms with Crippen LogP contribution in [-0.4, -0.2) is 12.0 Å². The normalized spacial score (nSPS) is 34.9. The predicted molar refractivity (Wildman–Crippen MR) is 82.8 cm³/mol. The first-order chi connectivity index (χ1) is 11.9. The van der Waals surface area contributed by atoms with Crippen LogP contribution < -0.4 is 0 Å². The molecule has 1 aromatic carbocycles. The first kappa shape index (κ1) is 16.6. The minimum Gasteiger partial charge on any atom is -0.443 e. The maximum Gasteiger partial charge on any atom is 0.244 e. The van der Waals surface area contributed by atoms with Gasteiger partial charge in [0.25, 0.3) is 0 Å². The van der Waals surface area contributed by atoms with Crippen LogP contribution >= 0.6 is 0 Å². The van der Waals surface area contributed by atoms with E-state index in [9.17, 15) is 20.2 Å². The predicted octanol–water partition coefficient (Wildman–Crippen LogP) is 2.75. The lowest BCUT2D eigenvalue weighted by atomic mass is 9.54. The molecule has 3 rings (SSSR count). The second-order valence-corrected chi connectivity index (χ2v) is 6.05. The van der Waals surface area contributed by atoms with Gasteiger partial charge in [0.2, 0.25) is 17.1 Å². The minimum atomic E-state index is -1.99. The summed E-state index contributed by atoms with van der Waals surface area (Å²) in [6, 6.07) is 11.0. The third-order valence-electron chi connectivity index (χ3n) is 5.17. The summed E-state index contributed by atoms with van der Waals surface area (Å²) in [5.41, 5.74) is -3.44. The van der Waals surface area contributed by atoms with Crippen molar-refractivity contribution in [1.82, 2.24) is 0 Å². The molecule has 1 N–H and O–H groups in total. The smallest absolute Gasteiger partial charge is 0.244 e. The lowest BCUT2D eigenvalue weighted by Crippen LogP contribution is -2.60. The highest BCUT2D eigenvalue weighted by Gasteiger charge is 2.79. The van der Waals surface area contributed by atoms with E-state index in [1.165, 1.54) is 30.3 Å². The Hall–Kier alpha value is -3.21. The number of nitrogens with one attached hydrogen (secondary N) is 1. The van der Waals surface area contributed by atoms with Crippen molar-refractivity contribution in [2.45, 2.75) is 18.8 Å². The highest BCUT2D eigenvalue weighted by atomic mass is 19.1. The molecule has 4 atom stereocenters. The van der Waals surface area contributed by atoms with Crippen molar-refractivity contribution in [1.29, 1.82) is 21.2 Å². The van der Waals surface area contributed by atoms with E-state index in [1.54, 1.807) is 6.92 Å². The minimum absolute atomic E-state index is 0.389. The number of rotatable bonds is 2. The number of nitriles is 3. The highest BCUT2D eigenvalue weighted by Crippen LogP contribution is 2.65. The van der Waals surface area contributed by atoms with Crippen LogP contribution in [0, 0.1) is 62.0 Å². The molecule has 2 bridgehead atoms. The van der Waals surface area contributed by atoms with Crippen LogP contribution in [0.1, 0.15) is 12.5 Å². The SMILES string of the molecule is C=CC1OC2(c3ccc(F)cc3)OC(=N)C(C#N)(C2C)C1(C#N)C#N. The number of benzene rings is 1. The molecule has 7 heteroatoms. The first-order valence-electron chi connectivity index (χ1n) is 7.46. The van der Waals surface area contributed by atoms with Crippen LogP contribution in [0.5, 0.6) is 0 Å². The monoisotopic (exact) mass is 336 g/mol. The number of fused-ring (bicyclic) bond motifs is 2. The van der Waals surface area contributed by atoms with Crippen molar-refractivity contribution in [3.63, 3.8) is 0 Å². The van der Waals surface area contributed by atoms with Gasteiger partial charge < -0.3 is 9.47 Å². The van der Waals surface area contributed by atoms with Crippen molar-refractivity contribution in [3.8, 4) is 18.2 Å². The fourth-order valence-electron chi connectivity index (χ4n) is 3.80. The van der Waals surface area contributed by atoms with Crippen molar-refractivity contribution in [2.24, 2.45) is 16.7 Å². The van der Waals surface area contributed by atoms with Crippen LogP contribution in [0.15, 0.2) is 36.9 Å². The van der Waals surface area contributed by atoms with Gasteiger partial charge in [-0.15, -0.1) is 6.58 Å². The Labute approximate surface area is 143 Å². The molecule has 0 saturated carbocycles. The summed E-state index contributed by atoms with van der Waals surface area (Å²) in [7, 11) is 0. The Kier molecular flexibility index (Phi) is 3.42. The molecule has 124 valence electrons. The van der Waals surface area contributed by atoms with Crippen molar-refractivity contribution in [2.75, 3.05) is 0 Å². The van der Waals surface area contributed by atoms with Gasteiger partial charge in [-0.2, -0.15) is 15.8 Å². The Morgan fingerprint density at radius 3 is 2.28 bits per heavy atom. The van der Waals surface area contributed by atoms with Gasteiger partial charge in [-0.1, -0.05) is 13.0 Å². The van der Waals surface area contributed by atoms with E-state index in [-0.39, 0.29) is 0 Å². The molecule has 2 aliphatic heterocycles. The van der Waals surface area contributed by atoms with Crippen molar-refractivity contribution in [3.05, 3.63) is 48.3 Å². The molecule has 0 aromatic heterocycles. The topological polar surface area (TPSA) is 114 Å². The fraction of sp³-hybridized carbons (Fsp3) is 0.333. The highest BCUT2D eigenvalue weighted by molar-refractivity contribution is 5.89. The lowest BCUT2D eigenvalue weighted by Gasteiger charge is -2.47. The maximum atomic E-state index is 13.3. The Bertz CT molecular complexity index is 878. The molecule has 2 saturated heterocycles. The summed E-state index contributed by atoms with van der Waals surface area (Å²) in [6.45, 7) is 5.18.